The van der Waals surface area contributed by atoms with Crippen molar-refractivity contribution in [3.05, 3.63) is 28.8 Å². The third-order valence-electron chi connectivity index (χ3n) is 3.57. The largest absolute Gasteiger partial charge is 0.409 e. The Morgan fingerprint density at radius 1 is 1.42 bits per heavy atom. The van der Waals surface area contributed by atoms with Gasteiger partial charge in [0.1, 0.15) is 0 Å². The third kappa shape index (κ3) is 3.11. The lowest BCUT2D eigenvalue weighted by Crippen LogP contribution is -2.34. The number of amidine groups is 1. The van der Waals surface area contributed by atoms with Crippen LogP contribution in [0.15, 0.2) is 23.4 Å². The summed E-state index contributed by atoms with van der Waals surface area (Å²) in [5.74, 6) is 0.415. The second-order valence-corrected chi connectivity index (χ2v) is 5.17. The fourth-order valence-corrected chi connectivity index (χ4v) is 2.61. The molecule has 0 saturated carbocycles. The number of rotatable bonds is 3. The van der Waals surface area contributed by atoms with E-state index in [1.807, 2.05) is 12.1 Å². The molecule has 0 atom stereocenters. The van der Waals surface area contributed by atoms with Crippen molar-refractivity contribution in [2.75, 3.05) is 24.6 Å². The standard InChI is InChI=1S/C13H18ClN3O2/c14-12-7-10(1-2-11(12)13(15)16-19)17-5-3-9(8-18)4-6-17/h1-2,7,9,18-19H,3-6,8H2,(H2,15,16). The Morgan fingerprint density at radius 3 is 2.63 bits per heavy atom. The van der Waals surface area contributed by atoms with Crippen LogP contribution in [0.3, 0.4) is 0 Å². The zero-order valence-corrected chi connectivity index (χ0v) is 11.3. The van der Waals surface area contributed by atoms with Crippen molar-refractivity contribution >= 4 is 23.1 Å². The average molecular weight is 284 g/mol. The van der Waals surface area contributed by atoms with Gasteiger partial charge < -0.3 is 20.9 Å². The normalized spacial score (nSPS) is 17.8. The number of aliphatic hydroxyl groups is 1. The molecule has 104 valence electrons. The van der Waals surface area contributed by atoms with Crippen LogP contribution in [-0.2, 0) is 0 Å². The summed E-state index contributed by atoms with van der Waals surface area (Å²) >= 11 is 6.14. The molecule has 1 aliphatic heterocycles. The molecule has 0 amide bonds. The highest BCUT2D eigenvalue weighted by atomic mass is 35.5. The molecule has 2 rings (SSSR count). The molecule has 0 aliphatic carbocycles. The summed E-state index contributed by atoms with van der Waals surface area (Å²) in [4.78, 5) is 2.23. The predicted octanol–water partition coefficient (Wildman–Crippen LogP) is 1.64. The Hall–Kier alpha value is -1.46. The van der Waals surface area contributed by atoms with Crippen LogP contribution in [0, 0.1) is 5.92 Å². The van der Waals surface area contributed by atoms with Crippen LogP contribution in [0.25, 0.3) is 0 Å². The number of nitrogens with zero attached hydrogens (tertiary/aromatic N) is 2. The molecule has 0 spiro atoms. The smallest absolute Gasteiger partial charge is 0.171 e. The number of benzene rings is 1. The first-order chi connectivity index (χ1) is 9.15. The maximum absolute atomic E-state index is 9.13. The van der Waals surface area contributed by atoms with Gasteiger partial charge in [-0.15, -0.1) is 0 Å². The zero-order valence-electron chi connectivity index (χ0n) is 10.6. The highest BCUT2D eigenvalue weighted by molar-refractivity contribution is 6.34. The van der Waals surface area contributed by atoms with E-state index in [0.29, 0.717) is 16.5 Å². The van der Waals surface area contributed by atoms with Crippen molar-refractivity contribution in [2.45, 2.75) is 12.8 Å². The van der Waals surface area contributed by atoms with Crippen molar-refractivity contribution in [1.29, 1.82) is 0 Å². The molecule has 4 N–H and O–H groups in total. The van der Waals surface area contributed by atoms with Gasteiger partial charge in [-0.1, -0.05) is 16.8 Å². The molecule has 0 bridgehead atoms. The molecule has 5 nitrogen and oxygen atoms in total. The Labute approximate surface area is 117 Å². The first kappa shape index (κ1) is 14.0. The van der Waals surface area contributed by atoms with Gasteiger partial charge in [0.2, 0.25) is 0 Å². The molecule has 19 heavy (non-hydrogen) atoms. The summed E-state index contributed by atoms with van der Waals surface area (Å²) < 4.78 is 0. The number of hydrogen-bond donors (Lipinski definition) is 3. The summed E-state index contributed by atoms with van der Waals surface area (Å²) in [5.41, 5.74) is 7.08. The van der Waals surface area contributed by atoms with E-state index in [2.05, 4.69) is 10.1 Å². The van der Waals surface area contributed by atoms with Gasteiger partial charge in [-0.25, -0.2) is 0 Å². The van der Waals surface area contributed by atoms with Crippen molar-refractivity contribution < 1.29 is 10.3 Å². The molecule has 1 saturated heterocycles. The Kier molecular flexibility index (Phi) is 4.50. The van der Waals surface area contributed by atoms with Gasteiger partial charge >= 0.3 is 0 Å². The Bertz CT molecular complexity index is 471. The molecular weight excluding hydrogens is 266 g/mol. The summed E-state index contributed by atoms with van der Waals surface area (Å²) in [6, 6.07) is 5.50. The molecule has 1 fully saturated rings. The molecule has 1 aromatic carbocycles. The summed E-state index contributed by atoms with van der Waals surface area (Å²) in [5, 5.41) is 21.2. The van der Waals surface area contributed by atoms with Crippen LogP contribution in [0.5, 0.6) is 0 Å². The lowest BCUT2D eigenvalue weighted by Gasteiger charge is -2.33. The quantitative estimate of drug-likeness (QED) is 0.341. The van der Waals surface area contributed by atoms with Crippen LogP contribution in [0.4, 0.5) is 5.69 Å². The van der Waals surface area contributed by atoms with E-state index in [4.69, 9.17) is 27.6 Å². The Morgan fingerprint density at radius 2 is 2.11 bits per heavy atom. The van der Waals surface area contributed by atoms with Crippen LogP contribution in [-0.4, -0.2) is 35.8 Å². The second-order valence-electron chi connectivity index (χ2n) is 4.76. The number of halogens is 1. The number of piperidine rings is 1. The first-order valence-corrected chi connectivity index (χ1v) is 6.66. The van der Waals surface area contributed by atoms with Gasteiger partial charge in [0.25, 0.3) is 0 Å². The van der Waals surface area contributed by atoms with Crippen molar-refractivity contribution in [3.63, 3.8) is 0 Å². The SMILES string of the molecule is N/C(=N/O)c1ccc(N2CCC(CO)CC2)cc1Cl. The van der Waals surface area contributed by atoms with Gasteiger partial charge in [-0.3, -0.25) is 0 Å². The lowest BCUT2D eigenvalue weighted by atomic mass is 9.97. The molecule has 1 heterocycles. The minimum absolute atomic E-state index is 0.00976. The fourth-order valence-electron chi connectivity index (χ4n) is 2.34. The summed E-state index contributed by atoms with van der Waals surface area (Å²) in [7, 11) is 0. The molecule has 0 radical (unpaired) electrons. The van der Waals surface area contributed by atoms with E-state index in [9.17, 15) is 0 Å². The predicted molar refractivity (Wildman–Crippen MR) is 76.0 cm³/mol. The molecule has 1 aliphatic rings. The van der Waals surface area contributed by atoms with Crippen molar-refractivity contribution in [1.82, 2.24) is 0 Å². The van der Waals surface area contributed by atoms with E-state index >= 15 is 0 Å². The van der Waals surface area contributed by atoms with Crippen LogP contribution < -0.4 is 10.6 Å². The van der Waals surface area contributed by atoms with Gasteiger partial charge in [-0.2, -0.15) is 0 Å². The number of oxime groups is 1. The topological polar surface area (TPSA) is 82.1 Å². The third-order valence-corrected chi connectivity index (χ3v) is 3.89. The highest BCUT2D eigenvalue weighted by Gasteiger charge is 2.19. The molecular formula is C13H18ClN3O2. The van der Waals surface area contributed by atoms with Gasteiger partial charge in [0.15, 0.2) is 5.84 Å². The molecule has 1 aromatic rings. The monoisotopic (exact) mass is 283 g/mol. The Balaban J connectivity index is 2.12. The van der Waals surface area contributed by atoms with Gasteiger partial charge in [0, 0.05) is 30.9 Å². The van der Waals surface area contributed by atoms with E-state index in [1.165, 1.54) is 0 Å². The minimum atomic E-state index is 0.00976. The average Bonchev–Trinajstić information content (AvgIpc) is 2.46. The molecule has 0 unspecified atom stereocenters. The highest BCUT2D eigenvalue weighted by Crippen LogP contribution is 2.27. The van der Waals surface area contributed by atoms with Crippen LogP contribution in [0.2, 0.25) is 5.02 Å². The number of hydrogen-bond acceptors (Lipinski definition) is 4. The van der Waals surface area contributed by atoms with E-state index in [0.717, 1.165) is 31.6 Å². The maximum Gasteiger partial charge on any atom is 0.171 e. The summed E-state index contributed by atoms with van der Waals surface area (Å²) in [6.45, 7) is 2.08. The fraction of sp³-hybridized carbons (Fsp3) is 0.462. The van der Waals surface area contributed by atoms with Crippen LogP contribution in [0.1, 0.15) is 18.4 Å². The number of aliphatic hydroxyl groups excluding tert-OH is 1. The van der Waals surface area contributed by atoms with E-state index in [1.54, 1.807) is 6.07 Å². The second kappa shape index (κ2) is 6.12. The van der Waals surface area contributed by atoms with Gasteiger partial charge in [-0.05, 0) is 37.0 Å². The van der Waals surface area contributed by atoms with Gasteiger partial charge in [0.05, 0.1) is 5.02 Å². The van der Waals surface area contributed by atoms with Crippen molar-refractivity contribution in [2.24, 2.45) is 16.8 Å². The lowest BCUT2D eigenvalue weighted by molar-refractivity contribution is 0.203. The summed E-state index contributed by atoms with van der Waals surface area (Å²) in [6.07, 6.45) is 1.96. The maximum atomic E-state index is 9.13. The number of anilines is 1. The van der Waals surface area contributed by atoms with E-state index in [-0.39, 0.29) is 12.4 Å². The minimum Gasteiger partial charge on any atom is -0.409 e. The first-order valence-electron chi connectivity index (χ1n) is 6.29. The zero-order chi connectivity index (χ0) is 13.8. The number of nitrogens with two attached hydrogens (primary N) is 1. The van der Waals surface area contributed by atoms with Crippen molar-refractivity contribution in [3.8, 4) is 0 Å². The molecule has 6 heteroatoms. The van der Waals surface area contributed by atoms with Crippen LogP contribution >= 0.6 is 11.6 Å². The van der Waals surface area contributed by atoms with E-state index < -0.39 is 0 Å². The molecule has 0 aromatic heterocycles.